The van der Waals surface area contributed by atoms with Crippen molar-refractivity contribution in [2.75, 3.05) is 12.4 Å². The van der Waals surface area contributed by atoms with Crippen LogP contribution in [0.4, 0.5) is 10.1 Å². The number of anilines is 1. The maximum atomic E-state index is 13.3. The predicted octanol–water partition coefficient (Wildman–Crippen LogP) is 3.83. The van der Waals surface area contributed by atoms with E-state index in [9.17, 15) is 9.18 Å². The van der Waals surface area contributed by atoms with Gasteiger partial charge in [-0.15, -0.1) is 11.6 Å². The van der Waals surface area contributed by atoms with Crippen LogP contribution in [-0.2, 0) is 5.88 Å². The minimum absolute atomic E-state index is 0.0344. The van der Waals surface area contributed by atoms with Crippen LogP contribution < -0.4 is 10.1 Å². The number of halogens is 2. The number of hydrogen-bond acceptors (Lipinski definition) is 2. The van der Waals surface area contributed by atoms with Gasteiger partial charge < -0.3 is 10.1 Å². The highest BCUT2D eigenvalue weighted by atomic mass is 35.5. The van der Waals surface area contributed by atoms with Crippen molar-refractivity contribution in [2.45, 2.75) is 5.88 Å². The summed E-state index contributed by atoms with van der Waals surface area (Å²) in [6, 6.07) is 11.2. The lowest BCUT2D eigenvalue weighted by Gasteiger charge is -2.08. The van der Waals surface area contributed by atoms with Crippen LogP contribution in [0.5, 0.6) is 5.75 Å². The van der Waals surface area contributed by atoms with Gasteiger partial charge in [0.15, 0.2) is 11.6 Å². The highest BCUT2D eigenvalue weighted by molar-refractivity contribution is 6.17. The molecule has 2 aromatic rings. The third-order valence-electron chi connectivity index (χ3n) is 2.75. The molecule has 0 fully saturated rings. The van der Waals surface area contributed by atoms with E-state index in [4.69, 9.17) is 16.3 Å². The van der Waals surface area contributed by atoms with Crippen LogP contribution in [-0.4, -0.2) is 13.0 Å². The number of hydrogen-bond donors (Lipinski definition) is 1. The highest BCUT2D eigenvalue weighted by Crippen LogP contribution is 2.19. The molecule has 0 aromatic heterocycles. The van der Waals surface area contributed by atoms with Gasteiger partial charge in [-0.05, 0) is 35.9 Å². The van der Waals surface area contributed by atoms with Crippen molar-refractivity contribution in [3.8, 4) is 5.75 Å². The predicted molar refractivity (Wildman–Crippen MR) is 76.9 cm³/mol. The highest BCUT2D eigenvalue weighted by Gasteiger charge is 2.10. The molecule has 104 valence electrons. The summed E-state index contributed by atoms with van der Waals surface area (Å²) in [6.45, 7) is 0. The largest absolute Gasteiger partial charge is 0.494 e. The topological polar surface area (TPSA) is 38.3 Å². The normalized spacial score (nSPS) is 10.2. The zero-order valence-corrected chi connectivity index (χ0v) is 11.6. The van der Waals surface area contributed by atoms with Crippen LogP contribution >= 0.6 is 11.6 Å². The van der Waals surface area contributed by atoms with E-state index < -0.39 is 5.82 Å². The molecule has 0 atom stereocenters. The van der Waals surface area contributed by atoms with Crippen molar-refractivity contribution in [3.63, 3.8) is 0 Å². The molecule has 0 heterocycles. The Balaban J connectivity index is 2.19. The standard InChI is InChI=1S/C15H13ClFNO2/c1-20-14-8-11(5-6-13(14)17)15(19)18-12-4-2-3-10(7-12)9-16/h2-8H,9H2,1H3,(H,18,19). The van der Waals surface area contributed by atoms with Gasteiger partial charge in [-0.2, -0.15) is 0 Å². The van der Waals surface area contributed by atoms with Gasteiger partial charge in [0.05, 0.1) is 7.11 Å². The van der Waals surface area contributed by atoms with Crippen molar-refractivity contribution in [2.24, 2.45) is 0 Å². The average molecular weight is 294 g/mol. The molecule has 0 bridgehead atoms. The Morgan fingerprint density at radius 2 is 2.10 bits per heavy atom. The van der Waals surface area contributed by atoms with E-state index in [2.05, 4.69) is 5.32 Å². The molecule has 3 nitrogen and oxygen atoms in total. The number of carbonyl (C=O) groups excluding carboxylic acids is 1. The number of benzene rings is 2. The molecule has 0 aliphatic heterocycles. The average Bonchev–Trinajstić information content (AvgIpc) is 2.47. The molecule has 0 unspecified atom stereocenters. The minimum Gasteiger partial charge on any atom is -0.494 e. The number of alkyl halides is 1. The van der Waals surface area contributed by atoms with E-state index in [0.29, 0.717) is 17.1 Å². The fourth-order valence-electron chi connectivity index (χ4n) is 1.74. The molecule has 1 amide bonds. The van der Waals surface area contributed by atoms with Gasteiger partial charge in [-0.1, -0.05) is 12.1 Å². The zero-order chi connectivity index (χ0) is 14.5. The molecular weight excluding hydrogens is 281 g/mol. The van der Waals surface area contributed by atoms with Crippen LogP contribution in [0.3, 0.4) is 0 Å². The van der Waals surface area contributed by atoms with Crippen LogP contribution in [0.2, 0.25) is 0 Å². The molecule has 0 saturated carbocycles. The molecule has 2 rings (SSSR count). The number of nitrogens with one attached hydrogen (secondary N) is 1. The fourth-order valence-corrected chi connectivity index (χ4v) is 1.90. The summed E-state index contributed by atoms with van der Waals surface area (Å²) in [5.74, 6) is -0.441. The van der Waals surface area contributed by atoms with Crippen LogP contribution in [0.1, 0.15) is 15.9 Å². The smallest absolute Gasteiger partial charge is 0.255 e. The third kappa shape index (κ3) is 3.27. The summed E-state index contributed by atoms with van der Waals surface area (Å²) >= 11 is 5.74. The van der Waals surface area contributed by atoms with Gasteiger partial charge in [0.2, 0.25) is 0 Å². The molecule has 20 heavy (non-hydrogen) atoms. The molecule has 0 aliphatic rings. The van der Waals surface area contributed by atoms with Crippen LogP contribution in [0, 0.1) is 5.82 Å². The quantitative estimate of drug-likeness (QED) is 0.870. The minimum atomic E-state index is -0.506. The first kappa shape index (κ1) is 14.3. The lowest BCUT2D eigenvalue weighted by Crippen LogP contribution is -2.12. The summed E-state index contributed by atoms with van der Waals surface area (Å²) in [4.78, 5) is 12.1. The Kier molecular flexibility index (Phi) is 4.58. The zero-order valence-electron chi connectivity index (χ0n) is 10.8. The lowest BCUT2D eigenvalue weighted by molar-refractivity contribution is 0.102. The van der Waals surface area contributed by atoms with Crippen molar-refractivity contribution >= 4 is 23.2 Å². The maximum Gasteiger partial charge on any atom is 0.255 e. The van der Waals surface area contributed by atoms with Gasteiger partial charge in [0.25, 0.3) is 5.91 Å². The van der Waals surface area contributed by atoms with Gasteiger partial charge in [0.1, 0.15) is 0 Å². The van der Waals surface area contributed by atoms with Crippen molar-refractivity contribution < 1.29 is 13.9 Å². The second kappa shape index (κ2) is 6.39. The van der Waals surface area contributed by atoms with E-state index in [1.54, 1.807) is 18.2 Å². The first-order chi connectivity index (χ1) is 9.63. The second-order valence-corrected chi connectivity index (χ2v) is 4.40. The van der Waals surface area contributed by atoms with E-state index in [1.165, 1.54) is 25.3 Å². The van der Waals surface area contributed by atoms with Gasteiger partial charge in [-0.25, -0.2) is 4.39 Å². The van der Waals surface area contributed by atoms with Gasteiger partial charge in [-0.3, -0.25) is 4.79 Å². The molecule has 5 heteroatoms. The Hall–Kier alpha value is -2.07. The molecular formula is C15H13ClFNO2. The van der Waals surface area contributed by atoms with E-state index in [-0.39, 0.29) is 11.7 Å². The summed E-state index contributed by atoms with van der Waals surface area (Å²) in [5.41, 5.74) is 1.86. The maximum absolute atomic E-state index is 13.3. The second-order valence-electron chi connectivity index (χ2n) is 4.14. The summed E-state index contributed by atoms with van der Waals surface area (Å²) in [6.07, 6.45) is 0. The third-order valence-corrected chi connectivity index (χ3v) is 3.06. The first-order valence-electron chi connectivity index (χ1n) is 5.94. The van der Waals surface area contributed by atoms with E-state index >= 15 is 0 Å². The Labute approximate surface area is 121 Å². The van der Waals surface area contributed by atoms with Crippen molar-refractivity contribution in [1.29, 1.82) is 0 Å². The van der Waals surface area contributed by atoms with E-state index in [1.807, 2.05) is 6.07 Å². The van der Waals surface area contributed by atoms with Crippen molar-refractivity contribution in [1.82, 2.24) is 0 Å². The fraction of sp³-hybridized carbons (Fsp3) is 0.133. The Bertz CT molecular complexity index is 631. The number of amides is 1. The van der Waals surface area contributed by atoms with Crippen molar-refractivity contribution in [3.05, 3.63) is 59.4 Å². The number of rotatable bonds is 4. The molecule has 2 aromatic carbocycles. The van der Waals surface area contributed by atoms with Crippen LogP contribution in [0.25, 0.3) is 0 Å². The monoisotopic (exact) mass is 293 g/mol. The van der Waals surface area contributed by atoms with E-state index in [0.717, 1.165) is 5.56 Å². The van der Waals surface area contributed by atoms with Gasteiger partial charge >= 0.3 is 0 Å². The molecule has 0 saturated heterocycles. The molecule has 0 radical (unpaired) electrons. The first-order valence-corrected chi connectivity index (χ1v) is 6.47. The Morgan fingerprint density at radius 1 is 1.30 bits per heavy atom. The van der Waals surface area contributed by atoms with Crippen LogP contribution in [0.15, 0.2) is 42.5 Å². The summed E-state index contributed by atoms with van der Waals surface area (Å²) in [7, 11) is 1.35. The molecule has 0 spiro atoms. The molecule has 1 N–H and O–H groups in total. The Morgan fingerprint density at radius 3 is 2.80 bits per heavy atom. The number of carbonyl (C=O) groups is 1. The SMILES string of the molecule is COc1cc(C(=O)Nc2cccc(CCl)c2)ccc1F. The summed E-state index contributed by atoms with van der Waals surface area (Å²) < 4.78 is 18.1. The molecule has 0 aliphatic carbocycles. The van der Waals surface area contributed by atoms with Gasteiger partial charge in [0, 0.05) is 17.1 Å². The number of ether oxygens (including phenoxy) is 1. The lowest BCUT2D eigenvalue weighted by atomic mass is 10.1. The summed E-state index contributed by atoms with van der Waals surface area (Å²) in [5, 5.41) is 2.73. The number of methoxy groups -OCH3 is 1.